The Morgan fingerprint density at radius 1 is 1.07 bits per heavy atom. The molecule has 1 amide bonds. The van der Waals surface area contributed by atoms with Crippen molar-refractivity contribution in [2.75, 3.05) is 13.7 Å². The Hall–Kier alpha value is -3.38. The summed E-state index contributed by atoms with van der Waals surface area (Å²) in [5.74, 6) is 0.698. The highest BCUT2D eigenvalue weighted by Gasteiger charge is 2.19. The Labute approximate surface area is 173 Å². The summed E-state index contributed by atoms with van der Waals surface area (Å²) in [5.41, 5.74) is 3.24. The second-order valence-electron chi connectivity index (χ2n) is 6.47. The summed E-state index contributed by atoms with van der Waals surface area (Å²) in [5, 5.41) is 9.69. The first-order valence-corrected chi connectivity index (χ1v) is 10.2. The van der Waals surface area contributed by atoms with E-state index in [9.17, 15) is 4.79 Å². The molecule has 2 aromatic heterocycles. The summed E-state index contributed by atoms with van der Waals surface area (Å²) in [4.78, 5) is 13.9. The topological polar surface area (TPSA) is 56.1 Å². The van der Waals surface area contributed by atoms with E-state index >= 15 is 0 Å². The Balaban J connectivity index is 1.55. The molecule has 0 radical (unpaired) electrons. The number of nitrogens with one attached hydrogen (secondary N) is 1. The van der Waals surface area contributed by atoms with Crippen molar-refractivity contribution in [1.82, 2.24) is 15.1 Å². The molecule has 6 heteroatoms. The van der Waals surface area contributed by atoms with Gasteiger partial charge < -0.3 is 10.1 Å². The van der Waals surface area contributed by atoms with E-state index in [4.69, 9.17) is 4.74 Å². The normalized spacial score (nSPS) is 10.7. The molecule has 0 spiro atoms. The molecule has 5 nitrogen and oxygen atoms in total. The second-order valence-corrected chi connectivity index (χ2v) is 7.41. The van der Waals surface area contributed by atoms with Crippen LogP contribution in [-0.4, -0.2) is 29.3 Å². The minimum absolute atomic E-state index is 0.134. The summed E-state index contributed by atoms with van der Waals surface area (Å²) in [7, 11) is 1.66. The number of carbonyl (C=O) groups is 1. The molecule has 4 aromatic rings. The number of benzene rings is 2. The molecule has 0 atom stereocenters. The van der Waals surface area contributed by atoms with Crippen LogP contribution in [0.25, 0.3) is 16.3 Å². The van der Waals surface area contributed by atoms with Crippen molar-refractivity contribution in [1.29, 1.82) is 0 Å². The number of methoxy groups -OCH3 is 1. The van der Waals surface area contributed by atoms with Crippen LogP contribution in [0, 0.1) is 0 Å². The Morgan fingerprint density at radius 2 is 1.86 bits per heavy atom. The maximum absolute atomic E-state index is 13.0. The maximum Gasteiger partial charge on any atom is 0.255 e. The molecule has 0 aliphatic rings. The van der Waals surface area contributed by atoms with E-state index in [0.29, 0.717) is 24.2 Å². The molecule has 146 valence electrons. The average molecular weight is 404 g/mol. The lowest BCUT2D eigenvalue weighted by Crippen LogP contribution is -2.26. The predicted octanol–water partition coefficient (Wildman–Crippen LogP) is 4.58. The maximum atomic E-state index is 13.0. The summed E-state index contributed by atoms with van der Waals surface area (Å²) in [6, 6.07) is 21.6. The molecule has 1 N–H and O–H groups in total. The minimum Gasteiger partial charge on any atom is -0.496 e. The van der Waals surface area contributed by atoms with Gasteiger partial charge in [-0.3, -0.25) is 4.79 Å². The Bertz CT molecular complexity index is 1090. The van der Waals surface area contributed by atoms with E-state index in [0.717, 1.165) is 21.9 Å². The number of thiophene rings is 1. The third-order valence-corrected chi connectivity index (χ3v) is 5.48. The van der Waals surface area contributed by atoms with E-state index in [1.807, 2.05) is 72.1 Å². The van der Waals surface area contributed by atoms with Gasteiger partial charge in [0.15, 0.2) is 0 Å². The number of rotatable bonds is 7. The average Bonchev–Trinajstić information content (AvgIpc) is 3.44. The highest BCUT2D eigenvalue weighted by Crippen LogP contribution is 2.27. The smallest absolute Gasteiger partial charge is 0.255 e. The summed E-state index contributed by atoms with van der Waals surface area (Å²) >= 11 is 1.57. The summed E-state index contributed by atoms with van der Waals surface area (Å²) in [6.07, 6.45) is 2.49. The van der Waals surface area contributed by atoms with Crippen LogP contribution in [0.1, 0.15) is 15.9 Å². The van der Waals surface area contributed by atoms with Gasteiger partial charge in [0.25, 0.3) is 5.91 Å². The van der Waals surface area contributed by atoms with E-state index in [2.05, 4.69) is 10.4 Å². The quantitative estimate of drug-likeness (QED) is 0.491. The number of ether oxygens (including phenoxy) is 1. The number of aromatic nitrogens is 2. The van der Waals surface area contributed by atoms with E-state index in [-0.39, 0.29) is 5.91 Å². The van der Waals surface area contributed by atoms with Crippen molar-refractivity contribution in [2.24, 2.45) is 0 Å². The highest BCUT2D eigenvalue weighted by atomic mass is 32.1. The van der Waals surface area contributed by atoms with E-state index < -0.39 is 0 Å². The van der Waals surface area contributed by atoms with Gasteiger partial charge in [-0.15, -0.1) is 11.3 Å². The zero-order valence-corrected chi connectivity index (χ0v) is 16.9. The number of hydrogen-bond acceptors (Lipinski definition) is 4. The van der Waals surface area contributed by atoms with Crippen LogP contribution >= 0.6 is 11.3 Å². The van der Waals surface area contributed by atoms with Gasteiger partial charge in [-0.05, 0) is 41.6 Å². The summed E-state index contributed by atoms with van der Waals surface area (Å²) < 4.78 is 7.14. The number of para-hydroxylation sites is 2. The molecule has 2 heterocycles. The third kappa shape index (κ3) is 4.22. The van der Waals surface area contributed by atoms with Crippen LogP contribution < -0.4 is 10.1 Å². The van der Waals surface area contributed by atoms with Gasteiger partial charge in [0.05, 0.1) is 23.2 Å². The van der Waals surface area contributed by atoms with Crippen molar-refractivity contribution < 1.29 is 9.53 Å². The molecule has 0 saturated carbocycles. The first-order valence-electron chi connectivity index (χ1n) is 9.35. The van der Waals surface area contributed by atoms with Gasteiger partial charge in [0, 0.05) is 12.7 Å². The van der Waals surface area contributed by atoms with Crippen molar-refractivity contribution in [3.05, 3.63) is 89.4 Å². The number of carbonyl (C=O) groups excluding carboxylic acids is 1. The van der Waals surface area contributed by atoms with Gasteiger partial charge >= 0.3 is 0 Å². The SMILES string of the molecule is COc1ccccc1CCNC(=O)c1cn(-c2ccccc2)nc1-c1cccs1. The fourth-order valence-corrected chi connectivity index (χ4v) is 3.89. The first-order chi connectivity index (χ1) is 14.3. The van der Waals surface area contributed by atoms with Gasteiger partial charge in [0.1, 0.15) is 11.4 Å². The van der Waals surface area contributed by atoms with Crippen LogP contribution in [-0.2, 0) is 6.42 Å². The largest absolute Gasteiger partial charge is 0.496 e. The van der Waals surface area contributed by atoms with E-state index in [1.54, 1.807) is 29.3 Å². The molecule has 0 saturated heterocycles. The highest BCUT2D eigenvalue weighted by molar-refractivity contribution is 7.13. The molecular weight excluding hydrogens is 382 g/mol. The molecular formula is C23H21N3O2S. The van der Waals surface area contributed by atoms with Gasteiger partial charge in [-0.25, -0.2) is 4.68 Å². The van der Waals surface area contributed by atoms with Crippen LogP contribution in [0.5, 0.6) is 5.75 Å². The molecule has 0 bridgehead atoms. The zero-order chi connectivity index (χ0) is 20.1. The lowest BCUT2D eigenvalue weighted by Gasteiger charge is -2.09. The second kappa shape index (κ2) is 8.75. The first kappa shape index (κ1) is 19.0. The van der Waals surface area contributed by atoms with Crippen LogP contribution in [0.15, 0.2) is 78.3 Å². The molecule has 0 unspecified atom stereocenters. The van der Waals surface area contributed by atoms with Crippen molar-refractivity contribution in [3.63, 3.8) is 0 Å². The Morgan fingerprint density at radius 3 is 2.62 bits per heavy atom. The number of hydrogen-bond donors (Lipinski definition) is 1. The number of amides is 1. The van der Waals surface area contributed by atoms with Gasteiger partial charge in [-0.2, -0.15) is 5.10 Å². The monoisotopic (exact) mass is 403 g/mol. The zero-order valence-electron chi connectivity index (χ0n) is 16.0. The van der Waals surface area contributed by atoms with Crippen LogP contribution in [0.2, 0.25) is 0 Å². The van der Waals surface area contributed by atoms with Crippen molar-refractivity contribution in [3.8, 4) is 22.0 Å². The molecule has 0 fully saturated rings. The predicted molar refractivity (Wildman–Crippen MR) is 116 cm³/mol. The fourth-order valence-electron chi connectivity index (χ4n) is 3.16. The van der Waals surface area contributed by atoms with Crippen molar-refractivity contribution >= 4 is 17.2 Å². The number of nitrogens with zero attached hydrogens (tertiary/aromatic N) is 2. The molecule has 2 aromatic carbocycles. The van der Waals surface area contributed by atoms with Gasteiger partial charge in [-0.1, -0.05) is 42.5 Å². The van der Waals surface area contributed by atoms with Crippen molar-refractivity contribution in [2.45, 2.75) is 6.42 Å². The lowest BCUT2D eigenvalue weighted by molar-refractivity contribution is 0.0954. The van der Waals surface area contributed by atoms with Crippen LogP contribution in [0.3, 0.4) is 0 Å². The Kier molecular flexibility index (Phi) is 5.72. The molecule has 29 heavy (non-hydrogen) atoms. The molecule has 0 aliphatic carbocycles. The molecule has 4 rings (SSSR count). The molecule has 0 aliphatic heterocycles. The van der Waals surface area contributed by atoms with E-state index in [1.165, 1.54) is 0 Å². The lowest BCUT2D eigenvalue weighted by atomic mass is 10.1. The summed E-state index contributed by atoms with van der Waals surface area (Å²) in [6.45, 7) is 0.513. The van der Waals surface area contributed by atoms with Crippen LogP contribution in [0.4, 0.5) is 0 Å². The standard InChI is InChI=1S/C23H21N3O2S/c1-28-20-11-6-5-8-17(20)13-14-24-23(27)19-16-26(18-9-3-2-4-10-18)25-22(19)21-12-7-15-29-21/h2-12,15-16H,13-14H2,1H3,(H,24,27). The third-order valence-electron chi connectivity index (χ3n) is 4.61. The van der Waals surface area contributed by atoms with Gasteiger partial charge in [0.2, 0.25) is 0 Å². The minimum atomic E-state index is -0.134. The fraction of sp³-hybridized carbons (Fsp3) is 0.130.